The quantitative estimate of drug-likeness (QED) is 0.706. The Balaban J connectivity index is 1.55. The third kappa shape index (κ3) is 4.36. The molecule has 1 aromatic heterocycles. The van der Waals surface area contributed by atoms with Gasteiger partial charge in [-0.1, -0.05) is 42.5 Å². The Morgan fingerprint density at radius 2 is 1.88 bits per heavy atom. The Bertz CT molecular complexity index is 841. The molecule has 0 spiro atoms. The molecule has 24 heavy (non-hydrogen) atoms. The number of benzene rings is 2. The number of rotatable bonds is 5. The van der Waals surface area contributed by atoms with Crippen molar-refractivity contribution >= 4 is 23.3 Å². The molecule has 0 bridgehead atoms. The van der Waals surface area contributed by atoms with Gasteiger partial charge in [-0.2, -0.15) is 0 Å². The van der Waals surface area contributed by atoms with E-state index in [-0.39, 0.29) is 11.7 Å². The first-order valence-corrected chi connectivity index (χ1v) is 8.30. The second-order valence-corrected chi connectivity index (χ2v) is 5.97. The number of carbonyl (C=O) groups excluding carboxylic acids is 1. The lowest BCUT2D eigenvalue weighted by molar-refractivity contribution is -0.116. The minimum absolute atomic E-state index is 0.214. The lowest BCUT2D eigenvalue weighted by atomic mass is 10.2. The SMILES string of the molecule is O=C(/C=C/c1ccc(F)cc1)NCc1csc(-c2ccccc2)n1. The maximum absolute atomic E-state index is 12.8. The van der Waals surface area contributed by atoms with E-state index in [2.05, 4.69) is 10.3 Å². The molecule has 0 unspecified atom stereocenters. The summed E-state index contributed by atoms with van der Waals surface area (Å²) in [6, 6.07) is 15.9. The highest BCUT2D eigenvalue weighted by molar-refractivity contribution is 7.13. The topological polar surface area (TPSA) is 42.0 Å². The van der Waals surface area contributed by atoms with E-state index in [0.717, 1.165) is 21.8 Å². The highest BCUT2D eigenvalue weighted by Gasteiger charge is 2.05. The largest absolute Gasteiger partial charge is 0.347 e. The lowest BCUT2D eigenvalue weighted by Crippen LogP contribution is -2.20. The van der Waals surface area contributed by atoms with E-state index in [1.807, 2.05) is 35.7 Å². The zero-order chi connectivity index (χ0) is 16.8. The Hall–Kier alpha value is -2.79. The van der Waals surface area contributed by atoms with Gasteiger partial charge in [0.25, 0.3) is 0 Å². The van der Waals surface area contributed by atoms with Crippen LogP contribution < -0.4 is 5.32 Å². The van der Waals surface area contributed by atoms with Gasteiger partial charge >= 0.3 is 0 Å². The van der Waals surface area contributed by atoms with Crippen LogP contribution in [-0.2, 0) is 11.3 Å². The van der Waals surface area contributed by atoms with Gasteiger partial charge in [-0.05, 0) is 23.8 Å². The van der Waals surface area contributed by atoms with Crippen LogP contribution in [0.15, 0.2) is 66.1 Å². The van der Waals surface area contributed by atoms with E-state index in [9.17, 15) is 9.18 Å². The van der Waals surface area contributed by atoms with Gasteiger partial charge in [0.1, 0.15) is 10.8 Å². The fourth-order valence-electron chi connectivity index (χ4n) is 2.08. The fourth-order valence-corrected chi connectivity index (χ4v) is 2.91. The van der Waals surface area contributed by atoms with Crippen molar-refractivity contribution in [2.75, 3.05) is 0 Å². The van der Waals surface area contributed by atoms with Gasteiger partial charge in [-0.25, -0.2) is 9.37 Å². The second-order valence-electron chi connectivity index (χ2n) is 5.11. The summed E-state index contributed by atoms with van der Waals surface area (Å²) in [5, 5.41) is 5.66. The molecule has 0 radical (unpaired) electrons. The minimum Gasteiger partial charge on any atom is -0.347 e. The van der Waals surface area contributed by atoms with Gasteiger partial charge in [-0.3, -0.25) is 4.79 Å². The average Bonchev–Trinajstić information content (AvgIpc) is 3.09. The van der Waals surface area contributed by atoms with Crippen LogP contribution in [0.3, 0.4) is 0 Å². The van der Waals surface area contributed by atoms with Gasteiger partial charge in [0, 0.05) is 17.0 Å². The summed E-state index contributed by atoms with van der Waals surface area (Å²) < 4.78 is 12.8. The molecule has 1 heterocycles. The number of aromatic nitrogens is 1. The number of hydrogen-bond donors (Lipinski definition) is 1. The molecule has 2 aromatic carbocycles. The van der Waals surface area contributed by atoms with Crippen molar-refractivity contribution in [3.05, 3.63) is 83.1 Å². The summed E-state index contributed by atoms with van der Waals surface area (Å²) in [5.74, 6) is -0.511. The molecule has 0 saturated heterocycles. The van der Waals surface area contributed by atoms with Crippen molar-refractivity contribution in [1.82, 2.24) is 10.3 Å². The van der Waals surface area contributed by atoms with Crippen molar-refractivity contribution in [3.63, 3.8) is 0 Å². The molecule has 3 aromatic rings. The first-order chi connectivity index (χ1) is 11.7. The normalized spacial score (nSPS) is 10.9. The Labute approximate surface area is 143 Å². The van der Waals surface area contributed by atoms with Gasteiger partial charge in [0.15, 0.2) is 0 Å². The van der Waals surface area contributed by atoms with E-state index < -0.39 is 0 Å². The number of hydrogen-bond acceptors (Lipinski definition) is 3. The Morgan fingerprint density at radius 3 is 2.62 bits per heavy atom. The minimum atomic E-state index is -0.297. The van der Waals surface area contributed by atoms with Crippen molar-refractivity contribution in [2.45, 2.75) is 6.54 Å². The monoisotopic (exact) mass is 338 g/mol. The molecule has 0 aliphatic carbocycles. The lowest BCUT2D eigenvalue weighted by Gasteiger charge is -1.99. The maximum Gasteiger partial charge on any atom is 0.244 e. The van der Waals surface area contributed by atoms with Crippen LogP contribution in [0.1, 0.15) is 11.3 Å². The van der Waals surface area contributed by atoms with Gasteiger partial charge < -0.3 is 5.32 Å². The van der Waals surface area contributed by atoms with E-state index in [1.165, 1.54) is 18.2 Å². The van der Waals surface area contributed by atoms with E-state index >= 15 is 0 Å². The molecule has 120 valence electrons. The second kappa shape index (κ2) is 7.66. The van der Waals surface area contributed by atoms with Crippen LogP contribution in [0.2, 0.25) is 0 Å². The standard InChI is InChI=1S/C19H15FN2OS/c20-16-9-6-14(7-10-16)8-11-18(23)21-12-17-13-24-19(22-17)15-4-2-1-3-5-15/h1-11,13H,12H2,(H,21,23)/b11-8+. The predicted molar refractivity (Wildman–Crippen MR) is 94.8 cm³/mol. The Morgan fingerprint density at radius 1 is 1.12 bits per heavy atom. The smallest absolute Gasteiger partial charge is 0.244 e. The van der Waals surface area contributed by atoms with Crippen molar-refractivity contribution < 1.29 is 9.18 Å². The zero-order valence-corrected chi connectivity index (χ0v) is 13.6. The number of thiazole rings is 1. The van der Waals surface area contributed by atoms with E-state index in [4.69, 9.17) is 0 Å². The molecule has 0 aliphatic heterocycles. The number of nitrogens with one attached hydrogen (secondary N) is 1. The number of carbonyl (C=O) groups is 1. The van der Waals surface area contributed by atoms with E-state index in [1.54, 1.807) is 29.5 Å². The molecule has 0 fully saturated rings. The van der Waals surface area contributed by atoms with Gasteiger partial charge in [0.05, 0.1) is 12.2 Å². The van der Waals surface area contributed by atoms with Crippen LogP contribution in [0, 0.1) is 5.82 Å². The Kier molecular flexibility index (Phi) is 5.13. The molecule has 0 atom stereocenters. The summed E-state index contributed by atoms with van der Waals surface area (Å²) in [4.78, 5) is 16.4. The molecular weight excluding hydrogens is 323 g/mol. The third-order valence-corrected chi connectivity index (χ3v) is 4.25. The summed E-state index contributed by atoms with van der Waals surface area (Å²) in [6.07, 6.45) is 3.07. The number of amides is 1. The average molecular weight is 338 g/mol. The molecule has 0 saturated carbocycles. The molecule has 5 heteroatoms. The molecule has 3 nitrogen and oxygen atoms in total. The van der Waals surface area contributed by atoms with Crippen LogP contribution in [0.25, 0.3) is 16.6 Å². The fraction of sp³-hybridized carbons (Fsp3) is 0.0526. The first kappa shape index (κ1) is 16.1. The number of nitrogens with zero attached hydrogens (tertiary/aromatic N) is 1. The molecular formula is C19H15FN2OS. The molecule has 1 amide bonds. The maximum atomic E-state index is 12.8. The summed E-state index contributed by atoms with van der Waals surface area (Å²) in [7, 11) is 0. The highest BCUT2D eigenvalue weighted by atomic mass is 32.1. The summed E-state index contributed by atoms with van der Waals surface area (Å²) in [6.45, 7) is 0.371. The van der Waals surface area contributed by atoms with Crippen LogP contribution in [0.5, 0.6) is 0 Å². The molecule has 0 aliphatic rings. The van der Waals surface area contributed by atoms with Crippen LogP contribution in [-0.4, -0.2) is 10.9 Å². The third-order valence-electron chi connectivity index (χ3n) is 3.31. The van der Waals surface area contributed by atoms with Crippen LogP contribution >= 0.6 is 11.3 Å². The molecule has 3 rings (SSSR count). The first-order valence-electron chi connectivity index (χ1n) is 7.42. The van der Waals surface area contributed by atoms with Gasteiger partial charge in [-0.15, -0.1) is 11.3 Å². The number of halogens is 1. The summed E-state index contributed by atoms with van der Waals surface area (Å²) in [5.41, 5.74) is 2.66. The molecule has 1 N–H and O–H groups in total. The van der Waals surface area contributed by atoms with Crippen molar-refractivity contribution in [3.8, 4) is 10.6 Å². The van der Waals surface area contributed by atoms with E-state index in [0.29, 0.717) is 6.54 Å². The highest BCUT2D eigenvalue weighted by Crippen LogP contribution is 2.23. The predicted octanol–water partition coefficient (Wildman–Crippen LogP) is 4.28. The van der Waals surface area contributed by atoms with Crippen molar-refractivity contribution in [2.24, 2.45) is 0 Å². The van der Waals surface area contributed by atoms with Crippen LogP contribution in [0.4, 0.5) is 4.39 Å². The summed E-state index contributed by atoms with van der Waals surface area (Å²) >= 11 is 1.55. The zero-order valence-electron chi connectivity index (χ0n) is 12.8. The van der Waals surface area contributed by atoms with Crippen molar-refractivity contribution in [1.29, 1.82) is 0 Å². The van der Waals surface area contributed by atoms with Gasteiger partial charge in [0.2, 0.25) is 5.91 Å².